The first kappa shape index (κ1) is 13.9. The number of aryl methyl sites for hydroxylation is 1. The summed E-state index contributed by atoms with van der Waals surface area (Å²) in [5.41, 5.74) is 2.59. The molecule has 0 atom stereocenters. The van der Waals surface area contributed by atoms with Gasteiger partial charge in [-0.1, -0.05) is 6.07 Å². The lowest BCUT2D eigenvalue weighted by atomic mass is 10.0. The summed E-state index contributed by atoms with van der Waals surface area (Å²) in [7, 11) is 1.86. The highest BCUT2D eigenvalue weighted by Gasteiger charge is 2.18. The minimum absolute atomic E-state index is 0.138. The second-order valence-electron chi connectivity index (χ2n) is 5.12. The van der Waals surface area contributed by atoms with Crippen LogP contribution in [0.15, 0.2) is 36.7 Å². The van der Waals surface area contributed by atoms with E-state index in [-0.39, 0.29) is 11.5 Å². The highest BCUT2D eigenvalue weighted by Crippen LogP contribution is 2.32. The van der Waals surface area contributed by atoms with Crippen LogP contribution in [0.3, 0.4) is 0 Å². The first-order valence-electron chi connectivity index (χ1n) is 6.94. The molecule has 0 unspecified atom stereocenters. The van der Waals surface area contributed by atoms with Crippen LogP contribution in [0.25, 0.3) is 33.5 Å². The molecule has 4 aromatic rings. The third kappa shape index (κ3) is 2.17. The highest BCUT2D eigenvalue weighted by atomic mass is 16.6. The molecule has 3 heterocycles. The second kappa shape index (κ2) is 5.19. The van der Waals surface area contributed by atoms with E-state index in [2.05, 4.69) is 30.7 Å². The molecule has 0 bridgehead atoms. The van der Waals surface area contributed by atoms with Crippen LogP contribution in [-0.2, 0) is 7.05 Å². The number of nitro groups is 1. The van der Waals surface area contributed by atoms with E-state index in [0.29, 0.717) is 11.3 Å². The quantitative estimate of drug-likeness (QED) is 0.449. The number of aromatic amines is 1. The van der Waals surface area contributed by atoms with Crippen molar-refractivity contribution in [3.63, 3.8) is 0 Å². The van der Waals surface area contributed by atoms with Crippen LogP contribution in [0.5, 0.6) is 0 Å². The first-order valence-corrected chi connectivity index (χ1v) is 6.94. The van der Waals surface area contributed by atoms with Crippen LogP contribution in [-0.4, -0.2) is 40.3 Å². The molecule has 0 spiro atoms. The Balaban J connectivity index is 1.94. The Morgan fingerprint density at radius 1 is 1.25 bits per heavy atom. The number of nitrogens with one attached hydrogen (secondary N) is 1. The Bertz CT molecular complexity index is 1050. The minimum Gasteiger partial charge on any atom is -0.268 e. The number of tetrazole rings is 1. The molecule has 1 aromatic carbocycles. The normalized spacial score (nSPS) is 11.0. The summed E-state index contributed by atoms with van der Waals surface area (Å²) in [6, 6.07) is 7.10. The number of H-pyrrole nitrogens is 1. The van der Waals surface area contributed by atoms with E-state index in [1.54, 1.807) is 10.9 Å². The summed E-state index contributed by atoms with van der Waals surface area (Å²) >= 11 is 0. The lowest BCUT2D eigenvalue weighted by molar-refractivity contribution is -0.385. The zero-order chi connectivity index (χ0) is 16.7. The molecule has 0 aliphatic rings. The number of nitrogens with zero attached hydrogens (tertiary/aromatic N) is 7. The number of hydrogen-bond donors (Lipinski definition) is 1. The van der Waals surface area contributed by atoms with Crippen molar-refractivity contribution in [3.05, 3.63) is 46.8 Å². The van der Waals surface area contributed by atoms with Gasteiger partial charge >= 0.3 is 0 Å². The highest BCUT2D eigenvalue weighted by molar-refractivity contribution is 5.87. The van der Waals surface area contributed by atoms with Crippen molar-refractivity contribution in [1.29, 1.82) is 0 Å². The van der Waals surface area contributed by atoms with Gasteiger partial charge in [-0.2, -0.15) is 10.3 Å². The second-order valence-corrected chi connectivity index (χ2v) is 5.12. The number of fused-ring (bicyclic) bond motifs is 1. The van der Waals surface area contributed by atoms with E-state index in [1.807, 2.05) is 25.2 Å². The third-order valence-electron chi connectivity index (χ3n) is 3.69. The largest absolute Gasteiger partial charge is 0.288 e. The lowest BCUT2D eigenvalue weighted by Crippen LogP contribution is -1.96. The van der Waals surface area contributed by atoms with Gasteiger partial charge in [0.25, 0.3) is 5.69 Å². The van der Waals surface area contributed by atoms with Gasteiger partial charge in [-0.05, 0) is 17.3 Å². The van der Waals surface area contributed by atoms with Crippen molar-refractivity contribution in [3.8, 4) is 22.6 Å². The maximum Gasteiger partial charge on any atom is 0.288 e. The molecule has 0 saturated carbocycles. The van der Waals surface area contributed by atoms with Gasteiger partial charge in [0.2, 0.25) is 5.82 Å². The van der Waals surface area contributed by atoms with Gasteiger partial charge in [0.1, 0.15) is 6.20 Å². The zero-order valence-corrected chi connectivity index (χ0v) is 12.4. The van der Waals surface area contributed by atoms with Crippen molar-refractivity contribution in [2.24, 2.45) is 7.05 Å². The van der Waals surface area contributed by atoms with Gasteiger partial charge < -0.3 is 0 Å². The molecule has 24 heavy (non-hydrogen) atoms. The third-order valence-corrected chi connectivity index (χ3v) is 3.69. The van der Waals surface area contributed by atoms with Crippen LogP contribution >= 0.6 is 0 Å². The predicted molar refractivity (Wildman–Crippen MR) is 83.8 cm³/mol. The number of aromatic nitrogens is 7. The molecule has 10 heteroatoms. The van der Waals surface area contributed by atoms with Gasteiger partial charge in [-0.15, -0.1) is 10.2 Å². The van der Waals surface area contributed by atoms with Crippen molar-refractivity contribution < 1.29 is 4.92 Å². The molecule has 0 aliphatic carbocycles. The average Bonchev–Trinajstić information content (AvgIpc) is 3.24. The van der Waals surface area contributed by atoms with Crippen molar-refractivity contribution in [2.45, 2.75) is 0 Å². The Labute approximate surface area is 134 Å². The molecule has 0 aliphatic heterocycles. The first-order chi connectivity index (χ1) is 11.6. The Morgan fingerprint density at radius 2 is 2.12 bits per heavy atom. The number of rotatable bonds is 3. The fourth-order valence-electron chi connectivity index (χ4n) is 2.54. The molecule has 10 nitrogen and oxygen atoms in total. The molecule has 0 radical (unpaired) electrons. The number of hydrogen-bond acceptors (Lipinski definition) is 7. The van der Waals surface area contributed by atoms with Gasteiger partial charge in [0.05, 0.1) is 27.9 Å². The van der Waals surface area contributed by atoms with E-state index >= 15 is 0 Å². The average molecular weight is 322 g/mol. The van der Waals surface area contributed by atoms with Gasteiger partial charge in [-0.3, -0.25) is 14.8 Å². The summed E-state index contributed by atoms with van der Waals surface area (Å²) in [6.45, 7) is 0. The lowest BCUT2D eigenvalue weighted by Gasteiger charge is -2.06. The SMILES string of the molecule is Cn1ncc2cc(-c3ncc([N+](=O)[O-])cc3-c3nn[nH]n3)ccc21. The standard InChI is InChI=1S/C14H10N8O2/c1-21-12-3-2-8(4-9(12)6-16-21)13-11(14-17-19-20-18-14)5-10(7-15-13)22(23)24/h2-7H,1H3,(H,17,18,19,20). The minimum atomic E-state index is -0.509. The maximum atomic E-state index is 11.0. The Hall–Kier alpha value is -3.69. The molecule has 4 rings (SSSR count). The molecule has 118 valence electrons. The zero-order valence-electron chi connectivity index (χ0n) is 12.4. The van der Waals surface area contributed by atoms with Crippen LogP contribution in [0.1, 0.15) is 0 Å². The Morgan fingerprint density at radius 3 is 2.88 bits per heavy atom. The summed E-state index contributed by atoms with van der Waals surface area (Å²) in [5, 5.41) is 29.9. The van der Waals surface area contributed by atoms with E-state index in [0.717, 1.165) is 16.5 Å². The predicted octanol–water partition coefficient (Wildman–Crippen LogP) is 1.72. The van der Waals surface area contributed by atoms with Crippen molar-refractivity contribution in [1.82, 2.24) is 35.4 Å². The fraction of sp³-hybridized carbons (Fsp3) is 0.0714. The smallest absolute Gasteiger partial charge is 0.268 e. The molecule has 0 amide bonds. The van der Waals surface area contributed by atoms with Crippen molar-refractivity contribution in [2.75, 3.05) is 0 Å². The van der Waals surface area contributed by atoms with Gasteiger partial charge in [0.15, 0.2) is 0 Å². The summed E-state index contributed by atoms with van der Waals surface area (Å²) in [4.78, 5) is 14.8. The van der Waals surface area contributed by atoms with E-state index in [4.69, 9.17) is 0 Å². The molecule has 1 N–H and O–H groups in total. The molecular weight excluding hydrogens is 312 g/mol. The maximum absolute atomic E-state index is 11.0. The van der Waals surface area contributed by atoms with E-state index in [1.165, 1.54) is 12.3 Å². The Kier molecular flexibility index (Phi) is 3.02. The molecule has 3 aromatic heterocycles. The fourth-order valence-corrected chi connectivity index (χ4v) is 2.54. The topological polar surface area (TPSA) is 128 Å². The van der Waals surface area contributed by atoms with Gasteiger partial charge in [-0.25, -0.2) is 4.98 Å². The van der Waals surface area contributed by atoms with Crippen LogP contribution in [0.4, 0.5) is 5.69 Å². The van der Waals surface area contributed by atoms with Crippen LogP contribution in [0.2, 0.25) is 0 Å². The monoisotopic (exact) mass is 322 g/mol. The summed E-state index contributed by atoms with van der Waals surface area (Å²) < 4.78 is 1.77. The van der Waals surface area contributed by atoms with E-state index < -0.39 is 4.92 Å². The van der Waals surface area contributed by atoms with Crippen molar-refractivity contribution >= 4 is 16.6 Å². The van der Waals surface area contributed by atoms with E-state index in [9.17, 15) is 10.1 Å². The summed E-state index contributed by atoms with van der Waals surface area (Å²) in [5.74, 6) is 0.243. The molecule has 0 saturated heterocycles. The number of pyridine rings is 1. The molecule has 0 fully saturated rings. The molecular formula is C14H10N8O2. The van der Waals surface area contributed by atoms with Crippen LogP contribution in [0, 0.1) is 10.1 Å². The van der Waals surface area contributed by atoms with Crippen LogP contribution < -0.4 is 0 Å². The van der Waals surface area contributed by atoms with Gasteiger partial charge in [0, 0.05) is 24.1 Å². The summed E-state index contributed by atoms with van der Waals surface area (Å²) in [6.07, 6.45) is 2.96. The number of benzene rings is 1.